The van der Waals surface area contributed by atoms with E-state index in [1.807, 2.05) is 52.0 Å². The van der Waals surface area contributed by atoms with E-state index in [9.17, 15) is 4.79 Å². The highest BCUT2D eigenvalue weighted by Crippen LogP contribution is 2.42. The third kappa shape index (κ3) is 4.02. The van der Waals surface area contributed by atoms with Crippen LogP contribution in [0.3, 0.4) is 0 Å². The quantitative estimate of drug-likeness (QED) is 0.562. The van der Waals surface area contributed by atoms with Crippen LogP contribution in [-0.4, -0.2) is 43.4 Å². The molecule has 132 valence electrons. The molecule has 1 aliphatic rings. The average molecular weight is 398 g/mol. The topological polar surface area (TPSA) is 48.0 Å². The molecule has 5 nitrogen and oxygen atoms in total. The van der Waals surface area contributed by atoms with Gasteiger partial charge in [-0.25, -0.2) is 5.06 Å². The highest BCUT2D eigenvalue weighted by molar-refractivity contribution is 9.10. The SMILES string of the molecule is CON(C)C(=O)C[C@@H](B1OC(C)(C)C(C)(C)O1)c1ccc(Br)cc1. The fourth-order valence-corrected chi connectivity index (χ4v) is 2.82. The van der Waals surface area contributed by atoms with Crippen LogP contribution in [0.5, 0.6) is 0 Å². The molecule has 0 saturated carbocycles. The number of rotatable bonds is 5. The predicted molar refractivity (Wildman–Crippen MR) is 97.4 cm³/mol. The van der Waals surface area contributed by atoms with Crippen LogP contribution in [0.15, 0.2) is 28.7 Å². The van der Waals surface area contributed by atoms with Crippen LogP contribution >= 0.6 is 15.9 Å². The molecule has 1 heterocycles. The summed E-state index contributed by atoms with van der Waals surface area (Å²) < 4.78 is 13.3. The molecule has 0 N–H and O–H groups in total. The Labute approximate surface area is 152 Å². The van der Waals surface area contributed by atoms with Crippen LogP contribution in [0, 0.1) is 0 Å². The van der Waals surface area contributed by atoms with Crippen molar-refractivity contribution in [1.29, 1.82) is 0 Å². The molecule has 2 rings (SSSR count). The van der Waals surface area contributed by atoms with Crippen molar-refractivity contribution < 1.29 is 18.9 Å². The van der Waals surface area contributed by atoms with Gasteiger partial charge in [-0.05, 0) is 45.4 Å². The van der Waals surface area contributed by atoms with E-state index in [2.05, 4.69) is 15.9 Å². The van der Waals surface area contributed by atoms with E-state index >= 15 is 0 Å². The van der Waals surface area contributed by atoms with E-state index in [1.54, 1.807) is 7.05 Å². The minimum Gasteiger partial charge on any atom is -0.403 e. The van der Waals surface area contributed by atoms with Gasteiger partial charge in [0.1, 0.15) is 0 Å². The highest BCUT2D eigenvalue weighted by Gasteiger charge is 2.54. The smallest absolute Gasteiger partial charge is 0.403 e. The second kappa shape index (κ2) is 7.16. The fourth-order valence-electron chi connectivity index (χ4n) is 2.55. The summed E-state index contributed by atoms with van der Waals surface area (Å²) in [7, 11) is 2.58. The normalized spacial score (nSPS) is 20.0. The van der Waals surface area contributed by atoms with Crippen molar-refractivity contribution in [3.63, 3.8) is 0 Å². The molecule has 7 heteroatoms. The van der Waals surface area contributed by atoms with E-state index in [0.29, 0.717) is 0 Å². The van der Waals surface area contributed by atoms with Gasteiger partial charge in [0.2, 0.25) is 5.91 Å². The molecule has 1 atom stereocenters. The van der Waals surface area contributed by atoms with Gasteiger partial charge in [0.25, 0.3) is 0 Å². The molecule has 0 spiro atoms. The average Bonchev–Trinajstić information content (AvgIpc) is 2.72. The number of hydrogen-bond donors (Lipinski definition) is 0. The maximum atomic E-state index is 12.4. The Morgan fingerprint density at radius 1 is 1.21 bits per heavy atom. The summed E-state index contributed by atoms with van der Waals surface area (Å²) in [4.78, 5) is 17.4. The van der Waals surface area contributed by atoms with Gasteiger partial charge in [0.05, 0.1) is 18.3 Å². The molecular formula is C17H25BBrNO4. The maximum Gasteiger partial charge on any atom is 0.466 e. The molecule has 0 radical (unpaired) electrons. The Bertz CT molecular complexity index is 575. The number of nitrogens with zero attached hydrogens (tertiary/aromatic N) is 1. The summed E-state index contributed by atoms with van der Waals surface area (Å²) in [6.07, 6.45) is 0.239. The summed E-state index contributed by atoms with van der Waals surface area (Å²) >= 11 is 3.44. The highest BCUT2D eigenvalue weighted by atomic mass is 79.9. The molecule has 1 aromatic rings. The lowest BCUT2D eigenvalue weighted by Crippen LogP contribution is -2.41. The Balaban J connectivity index is 2.30. The maximum absolute atomic E-state index is 12.4. The van der Waals surface area contributed by atoms with Crippen LogP contribution in [-0.2, 0) is 18.9 Å². The van der Waals surface area contributed by atoms with E-state index in [-0.39, 0.29) is 18.1 Å². The Morgan fingerprint density at radius 3 is 2.17 bits per heavy atom. The van der Waals surface area contributed by atoms with Crippen LogP contribution in [0.1, 0.15) is 45.5 Å². The molecule has 0 unspecified atom stereocenters. The van der Waals surface area contributed by atoms with Crippen molar-refractivity contribution in [2.75, 3.05) is 14.2 Å². The summed E-state index contributed by atoms with van der Waals surface area (Å²) in [6, 6.07) is 7.88. The zero-order chi connectivity index (χ0) is 18.1. The largest absolute Gasteiger partial charge is 0.466 e. The van der Waals surface area contributed by atoms with E-state index in [0.717, 1.165) is 10.0 Å². The van der Waals surface area contributed by atoms with Crippen molar-refractivity contribution in [2.45, 2.75) is 51.1 Å². The van der Waals surface area contributed by atoms with E-state index < -0.39 is 18.3 Å². The van der Waals surface area contributed by atoms with Gasteiger partial charge < -0.3 is 9.31 Å². The van der Waals surface area contributed by atoms with Gasteiger partial charge in [0.15, 0.2) is 0 Å². The first-order chi connectivity index (χ1) is 11.1. The Morgan fingerprint density at radius 2 is 1.71 bits per heavy atom. The number of benzene rings is 1. The van der Waals surface area contributed by atoms with Crippen LogP contribution < -0.4 is 0 Å². The van der Waals surface area contributed by atoms with Crippen molar-refractivity contribution in [2.24, 2.45) is 0 Å². The van der Waals surface area contributed by atoms with E-state index in [4.69, 9.17) is 14.1 Å². The zero-order valence-electron chi connectivity index (χ0n) is 15.1. The van der Waals surface area contributed by atoms with Gasteiger partial charge in [-0.3, -0.25) is 9.63 Å². The number of hydroxylamine groups is 2. The van der Waals surface area contributed by atoms with Crippen molar-refractivity contribution in [3.8, 4) is 0 Å². The third-order valence-corrected chi connectivity index (χ3v) is 5.45. The number of hydrogen-bond acceptors (Lipinski definition) is 4. The van der Waals surface area contributed by atoms with Gasteiger partial charge in [-0.15, -0.1) is 0 Å². The molecule has 0 aliphatic carbocycles. The molecule has 1 saturated heterocycles. The van der Waals surface area contributed by atoms with Crippen LogP contribution in [0.2, 0.25) is 0 Å². The lowest BCUT2D eigenvalue weighted by molar-refractivity contribution is -0.168. The first-order valence-corrected chi connectivity index (χ1v) is 8.78. The van der Waals surface area contributed by atoms with Crippen LogP contribution in [0.4, 0.5) is 0 Å². The lowest BCUT2D eigenvalue weighted by Gasteiger charge is -2.32. The van der Waals surface area contributed by atoms with E-state index in [1.165, 1.54) is 12.2 Å². The van der Waals surface area contributed by atoms with Gasteiger partial charge in [-0.1, -0.05) is 28.1 Å². The van der Waals surface area contributed by atoms with Gasteiger partial charge >= 0.3 is 7.12 Å². The van der Waals surface area contributed by atoms with Crippen molar-refractivity contribution >= 4 is 29.0 Å². The van der Waals surface area contributed by atoms with Crippen LogP contribution in [0.25, 0.3) is 0 Å². The number of halogens is 1. The van der Waals surface area contributed by atoms with Gasteiger partial charge in [0, 0.05) is 23.8 Å². The molecule has 1 fully saturated rings. The molecule has 0 aromatic heterocycles. The van der Waals surface area contributed by atoms with Crippen molar-refractivity contribution in [1.82, 2.24) is 5.06 Å². The second-order valence-corrected chi connectivity index (χ2v) is 7.98. The minimum absolute atomic E-state index is 0.125. The Hall–Kier alpha value is -0.885. The first kappa shape index (κ1) is 19.4. The second-order valence-electron chi connectivity index (χ2n) is 7.06. The fraction of sp³-hybridized carbons (Fsp3) is 0.588. The summed E-state index contributed by atoms with van der Waals surface area (Å²) in [5.74, 6) is -0.343. The molecule has 1 amide bonds. The zero-order valence-corrected chi connectivity index (χ0v) is 16.7. The molecular weight excluding hydrogens is 373 g/mol. The standard InChI is InChI=1S/C17H25BBrNO4/c1-16(2)17(3,4)24-18(23-16)14(11-15(21)20(5)22-6)12-7-9-13(19)10-8-12/h7-10,14H,11H2,1-6H3/t14-/m1/s1. The molecule has 24 heavy (non-hydrogen) atoms. The predicted octanol–water partition coefficient (Wildman–Crippen LogP) is 3.57. The van der Waals surface area contributed by atoms with Crippen molar-refractivity contribution in [3.05, 3.63) is 34.3 Å². The number of carbonyl (C=O) groups is 1. The summed E-state index contributed by atoms with van der Waals surface area (Å²) in [6.45, 7) is 8.03. The summed E-state index contributed by atoms with van der Waals surface area (Å²) in [5, 5.41) is 1.23. The Kier molecular flexibility index (Phi) is 5.80. The van der Waals surface area contributed by atoms with Gasteiger partial charge in [-0.2, -0.15) is 0 Å². The number of amides is 1. The monoisotopic (exact) mass is 397 g/mol. The molecule has 1 aliphatic heterocycles. The first-order valence-electron chi connectivity index (χ1n) is 7.99. The number of carbonyl (C=O) groups excluding carboxylic acids is 1. The minimum atomic E-state index is -0.495. The molecule has 0 bridgehead atoms. The third-order valence-electron chi connectivity index (χ3n) is 4.92. The summed E-state index contributed by atoms with van der Waals surface area (Å²) in [5.41, 5.74) is 0.109. The lowest BCUT2D eigenvalue weighted by atomic mass is 9.66. The molecule has 1 aromatic carbocycles.